The Morgan fingerprint density at radius 3 is 2.64 bits per heavy atom. The maximum Gasteiger partial charge on any atom is 0.223 e. The van der Waals surface area contributed by atoms with Crippen molar-refractivity contribution in [1.29, 1.82) is 0 Å². The van der Waals surface area contributed by atoms with Crippen molar-refractivity contribution in [1.82, 2.24) is 9.88 Å². The van der Waals surface area contributed by atoms with E-state index in [4.69, 9.17) is 9.40 Å². The van der Waals surface area contributed by atoms with Gasteiger partial charge in [-0.2, -0.15) is 0 Å². The third-order valence-corrected chi connectivity index (χ3v) is 5.44. The number of hydrogen-bond donors (Lipinski definition) is 0. The lowest BCUT2D eigenvalue weighted by atomic mass is 10.0. The highest BCUT2D eigenvalue weighted by atomic mass is 16.3. The highest BCUT2D eigenvalue weighted by Gasteiger charge is 2.33. The molecule has 3 aromatic rings. The highest BCUT2D eigenvalue weighted by Crippen LogP contribution is 2.35. The van der Waals surface area contributed by atoms with Gasteiger partial charge in [-0.25, -0.2) is 4.98 Å². The van der Waals surface area contributed by atoms with E-state index in [1.807, 2.05) is 32.0 Å². The van der Waals surface area contributed by atoms with E-state index in [-0.39, 0.29) is 11.9 Å². The summed E-state index contributed by atoms with van der Waals surface area (Å²) in [6, 6.07) is 14.6. The second-order valence-corrected chi connectivity index (χ2v) is 7.67. The van der Waals surface area contributed by atoms with Gasteiger partial charge in [0.15, 0.2) is 5.58 Å². The fraction of sp³-hybridized carbons (Fsp3) is 0.391. The topological polar surface area (TPSA) is 49.6 Å². The van der Waals surface area contributed by atoms with Gasteiger partial charge in [0.2, 0.25) is 11.8 Å². The fourth-order valence-corrected chi connectivity index (χ4v) is 3.90. The summed E-state index contributed by atoms with van der Waals surface area (Å²) >= 11 is 0. The molecule has 1 aliphatic rings. The molecule has 1 fully saturated rings. The van der Waals surface area contributed by atoms with Crippen LogP contribution in [0.4, 0.5) is 5.69 Å². The van der Waals surface area contributed by atoms with Gasteiger partial charge in [0.05, 0.1) is 0 Å². The van der Waals surface area contributed by atoms with Gasteiger partial charge in [0.1, 0.15) is 11.6 Å². The molecule has 0 radical (unpaired) electrons. The normalized spacial score (nSPS) is 16.7. The van der Waals surface area contributed by atoms with Crippen molar-refractivity contribution < 1.29 is 9.21 Å². The van der Waals surface area contributed by atoms with Crippen LogP contribution in [0.2, 0.25) is 0 Å². The molecule has 2 heterocycles. The molecule has 0 N–H and O–H groups in total. The number of benzene rings is 2. The average Bonchev–Trinajstić information content (AvgIpc) is 3.34. The lowest BCUT2D eigenvalue weighted by molar-refractivity contribution is -0.132. The first-order chi connectivity index (χ1) is 13.6. The summed E-state index contributed by atoms with van der Waals surface area (Å²) < 4.78 is 6.04. The molecule has 28 heavy (non-hydrogen) atoms. The number of nitrogens with zero attached hydrogens (tertiary/aromatic N) is 3. The summed E-state index contributed by atoms with van der Waals surface area (Å²) in [5.74, 6) is 0.867. The SMILES string of the molecule is CCCC(=O)N1CCC[C@H]1c1nc2cc(-c3ccc(N(C)C)cc3)ccc2o1. The standard InChI is InChI=1S/C23H27N3O2/c1-4-6-22(27)26-14-5-7-20(26)23-24-19-15-17(10-13-21(19)28-23)16-8-11-18(12-9-16)25(2)3/h8-13,15,20H,4-7,14H2,1-3H3/t20-/m0/s1. The molecule has 5 heteroatoms. The molecule has 1 saturated heterocycles. The van der Waals surface area contributed by atoms with Crippen LogP contribution in [-0.4, -0.2) is 36.4 Å². The molecule has 4 rings (SSSR count). The van der Waals surface area contributed by atoms with E-state index < -0.39 is 0 Å². The van der Waals surface area contributed by atoms with Crippen molar-refractivity contribution in [2.45, 2.75) is 38.6 Å². The molecule has 1 atom stereocenters. The van der Waals surface area contributed by atoms with Crippen LogP contribution in [0.3, 0.4) is 0 Å². The predicted molar refractivity (Wildman–Crippen MR) is 112 cm³/mol. The Hall–Kier alpha value is -2.82. The quantitative estimate of drug-likeness (QED) is 0.626. The molecule has 5 nitrogen and oxygen atoms in total. The lowest BCUT2D eigenvalue weighted by Gasteiger charge is -2.21. The molecular formula is C23H27N3O2. The number of carbonyl (C=O) groups is 1. The van der Waals surface area contributed by atoms with Gasteiger partial charge in [0.25, 0.3) is 0 Å². The van der Waals surface area contributed by atoms with Gasteiger partial charge in [-0.15, -0.1) is 0 Å². The molecule has 0 bridgehead atoms. The second kappa shape index (κ2) is 7.66. The van der Waals surface area contributed by atoms with Crippen LogP contribution in [0.25, 0.3) is 22.2 Å². The number of hydrogen-bond acceptors (Lipinski definition) is 4. The average molecular weight is 377 g/mol. The molecule has 0 saturated carbocycles. The van der Waals surface area contributed by atoms with Crippen LogP contribution in [0.1, 0.15) is 44.5 Å². The van der Waals surface area contributed by atoms with Crippen LogP contribution in [0.15, 0.2) is 46.9 Å². The van der Waals surface area contributed by atoms with Crippen molar-refractivity contribution in [3.8, 4) is 11.1 Å². The Morgan fingerprint density at radius 2 is 1.93 bits per heavy atom. The van der Waals surface area contributed by atoms with Gasteiger partial charge in [-0.1, -0.05) is 25.1 Å². The zero-order chi connectivity index (χ0) is 19.7. The summed E-state index contributed by atoms with van der Waals surface area (Å²) in [5.41, 5.74) is 5.06. The van der Waals surface area contributed by atoms with Crippen molar-refractivity contribution in [3.05, 3.63) is 48.4 Å². The molecule has 1 aromatic heterocycles. The lowest BCUT2D eigenvalue weighted by Crippen LogP contribution is -2.30. The predicted octanol–water partition coefficient (Wildman–Crippen LogP) is 5.02. The van der Waals surface area contributed by atoms with Crippen molar-refractivity contribution in [2.24, 2.45) is 0 Å². The number of aromatic nitrogens is 1. The Kier molecular flexibility index (Phi) is 5.07. The Morgan fingerprint density at radius 1 is 1.18 bits per heavy atom. The van der Waals surface area contributed by atoms with Gasteiger partial charge in [-0.05, 0) is 54.7 Å². The maximum absolute atomic E-state index is 12.4. The van der Waals surface area contributed by atoms with E-state index in [9.17, 15) is 4.79 Å². The van der Waals surface area contributed by atoms with Gasteiger partial charge in [0, 0.05) is 32.7 Å². The molecule has 1 aliphatic heterocycles. The van der Waals surface area contributed by atoms with Crippen LogP contribution in [-0.2, 0) is 4.79 Å². The number of rotatable bonds is 5. The second-order valence-electron chi connectivity index (χ2n) is 7.67. The minimum Gasteiger partial charge on any atom is -0.438 e. The van der Waals surface area contributed by atoms with E-state index in [0.717, 1.165) is 48.0 Å². The Balaban J connectivity index is 1.62. The molecule has 0 aliphatic carbocycles. The molecule has 146 valence electrons. The first-order valence-electron chi connectivity index (χ1n) is 10.0. The van der Waals surface area contributed by atoms with E-state index in [0.29, 0.717) is 12.3 Å². The van der Waals surface area contributed by atoms with Crippen LogP contribution < -0.4 is 4.90 Å². The molecule has 2 aromatic carbocycles. The van der Waals surface area contributed by atoms with Crippen LogP contribution >= 0.6 is 0 Å². The van der Waals surface area contributed by atoms with Crippen molar-refractivity contribution >= 4 is 22.7 Å². The summed E-state index contributed by atoms with van der Waals surface area (Å²) in [5, 5.41) is 0. The monoisotopic (exact) mass is 377 g/mol. The number of oxazole rings is 1. The van der Waals surface area contributed by atoms with Gasteiger partial charge in [-0.3, -0.25) is 4.79 Å². The van der Waals surface area contributed by atoms with Gasteiger partial charge < -0.3 is 14.2 Å². The Labute approximate surface area is 166 Å². The number of amides is 1. The Bertz CT molecular complexity index is 975. The van der Waals surface area contributed by atoms with Crippen molar-refractivity contribution in [2.75, 3.05) is 25.5 Å². The summed E-state index contributed by atoms with van der Waals surface area (Å²) in [4.78, 5) is 21.2. The smallest absolute Gasteiger partial charge is 0.223 e. The number of carbonyl (C=O) groups excluding carboxylic acids is 1. The molecule has 0 unspecified atom stereocenters. The molecule has 1 amide bonds. The minimum atomic E-state index is -0.0331. The highest BCUT2D eigenvalue weighted by molar-refractivity contribution is 5.81. The van der Waals surface area contributed by atoms with E-state index in [1.54, 1.807) is 0 Å². The number of anilines is 1. The van der Waals surface area contributed by atoms with Crippen molar-refractivity contribution in [3.63, 3.8) is 0 Å². The summed E-state index contributed by atoms with van der Waals surface area (Å²) in [6.45, 7) is 2.83. The summed E-state index contributed by atoms with van der Waals surface area (Å²) in [7, 11) is 4.07. The van der Waals surface area contributed by atoms with Gasteiger partial charge >= 0.3 is 0 Å². The van der Waals surface area contributed by atoms with Crippen LogP contribution in [0, 0.1) is 0 Å². The third-order valence-electron chi connectivity index (χ3n) is 5.44. The zero-order valence-corrected chi connectivity index (χ0v) is 16.8. The zero-order valence-electron chi connectivity index (χ0n) is 16.8. The third kappa shape index (κ3) is 3.49. The number of likely N-dealkylation sites (tertiary alicyclic amines) is 1. The number of fused-ring (bicyclic) bond motifs is 1. The van der Waals surface area contributed by atoms with E-state index in [2.05, 4.69) is 41.3 Å². The van der Waals surface area contributed by atoms with Crippen LogP contribution in [0.5, 0.6) is 0 Å². The summed E-state index contributed by atoms with van der Waals surface area (Å²) in [6.07, 6.45) is 3.37. The fourth-order valence-electron chi connectivity index (χ4n) is 3.90. The van der Waals surface area contributed by atoms with E-state index in [1.165, 1.54) is 5.69 Å². The first kappa shape index (κ1) is 18.5. The molecule has 0 spiro atoms. The molecular weight excluding hydrogens is 350 g/mol. The maximum atomic E-state index is 12.4. The van der Waals surface area contributed by atoms with E-state index >= 15 is 0 Å². The minimum absolute atomic E-state index is 0.0331. The first-order valence-corrected chi connectivity index (χ1v) is 10.0. The largest absolute Gasteiger partial charge is 0.438 e.